The molecule has 2 aliphatic rings. The molecule has 3 N–H and O–H groups in total. The van der Waals surface area contributed by atoms with Gasteiger partial charge >= 0.3 is 0 Å². The maximum atomic E-state index is 6.21. The molecular weight excluding hydrogens is 184 g/mol. The van der Waals surface area contributed by atoms with E-state index in [1.807, 2.05) is 0 Å². The molecule has 0 aliphatic heterocycles. The van der Waals surface area contributed by atoms with Crippen molar-refractivity contribution >= 4 is 0 Å². The van der Waals surface area contributed by atoms with Gasteiger partial charge in [-0.25, -0.2) is 0 Å². The van der Waals surface area contributed by atoms with Crippen LogP contribution in [0.2, 0.25) is 0 Å². The molecule has 0 bridgehead atoms. The van der Waals surface area contributed by atoms with Crippen LogP contribution in [0.1, 0.15) is 51.9 Å². The lowest BCUT2D eigenvalue weighted by atomic mass is 9.95. The molecule has 0 aromatic heterocycles. The summed E-state index contributed by atoms with van der Waals surface area (Å²) in [6.45, 7) is 3.46. The lowest BCUT2D eigenvalue weighted by Gasteiger charge is -2.21. The summed E-state index contributed by atoms with van der Waals surface area (Å²) < 4.78 is 0. The molecule has 2 nitrogen and oxygen atoms in total. The largest absolute Gasteiger partial charge is 0.327 e. The molecule has 4 atom stereocenters. The molecule has 0 aromatic carbocycles. The van der Waals surface area contributed by atoms with Crippen molar-refractivity contribution in [2.24, 2.45) is 17.6 Å². The van der Waals surface area contributed by atoms with Crippen molar-refractivity contribution < 1.29 is 0 Å². The summed E-state index contributed by atoms with van der Waals surface area (Å²) in [5, 5.41) is 3.71. The van der Waals surface area contributed by atoms with Crippen LogP contribution < -0.4 is 11.1 Å². The van der Waals surface area contributed by atoms with E-state index in [4.69, 9.17) is 5.73 Å². The fourth-order valence-corrected chi connectivity index (χ4v) is 2.92. The Hall–Kier alpha value is -0.0800. The molecule has 2 rings (SSSR count). The Bertz CT molecular complexity index is 193. The van der Waals surface area contributed by atoms with Crippen molar-refractivity contribution in [3.8, 4) is 0 Å². The quantitative estimate of drug-likeness (QED) is 0.699. The maximum Gasteiger partial charge on any atom is 0.00991 e. The zero-order valence-electron chi connectivity index (χ0n) is 10.0. The highest BCUT2D eigenvalue weighted by Crippen LogP contribution is 2.33. The molecule has 2 heteroatoms. The van der Waals surface area contributed by atoms with Gasteiger partial charge in [0.1, 0.15) is 0 Å². The summed E-state index contributed by atoms with van der Waals surface area (Å²) in [6.07, 6.45) is 9.46. The van der Waals surface area contributed by atoms with Crippen molar-refractivity contribution in [3.63, 3.8) is 0 Å². The van der Waals surface area contributed by atoms with E-state index in [1.54, 1.807) is 0 Å². The first kappa shape index (κ1) is 11.4. The highest BCUT2D eigenvalue weighted by molar-refractivity contribution is 4.93. The normalized spacial score (nSPS) is 41.2. The highest BCUT2D eigenvalue weighted by atomic mass is 15.0. The Morgan fingerprint density at radius 2 is 1.93 bits per heavy atom. The van der Waals surface area contributed by atoms with Gasteiger partial charge in [0.25, 0.3) is 0 Å². The second kappa shape index (κ2) is 5.31. The zero-order chi connectivity index (χ0) is 10.7. The third-order valence-electron chi connectivity index (χ3n) is 4.31. The smallest absolute Gasteiger partial charge is 0.00991 e. The summed E-state index contributed by atoms with van der Waals surface area (Å²) in [6, 6.07) is 1.28. The van der Waals surface area contributed by atoms with Crippen LogP contribution in [0.4, 0.5) is 0 Å². The molecule has 15 heavy (non-hydrogen) atoms. The minimum atomic E-state index is 0.457. The van der Waals surface area contributed by atoms with Gasteiger partial charge in [-0.1, -0.05) is 32.6 Å². The van der Waals surface area contributed by atoms with E-state index < -0.39 is 0 Å². The van der Waals surface area contributed by atoms with E-state index in [-0.39, 0.29) is 0 Å². The molecule has 0 amide bonds. The first-order valence-electron chi connectivity index (χ1n) is 6.80. The molecular formula is C13H26N2. The lowest BCUT2D eigenvalue weighted by molar-refractivity contribution is 0.370. The third kappa shape index (κ3) is 3.18. The minimum Gasteiger partial charge on any atom is -0.327 e. The summed E-state index contributed by atoms with van der Waals surface area (Å²) in [5.41, 5.74) is 6.21. The molecule has 0 spiro atoms. The molecule has 2 fully saturated rings. The molecule has 0 aromatic rings. The van der Waals surface area contributed by atoms with Gasteiger partial charge in [0, 0.05) is 12.1 Å². The monoisotopic (exact) mass is 210 g/mol. The van der Waals surface area contributed by atoms with Crippen LogP contribution in [0.25, 0.3) is 0 Å². The van der Waals surface area contributed by atoms with Crippen molar-refractivity contribution in [2.45, 2.75) is 64.0 Å². The van der Waals surface area contributed by atoms with Gasteiger partial charge in [-0.2, -0.15) is 0 Å². The van der Waals surface area contributed by atoms with Crippen LogP contribution in [0.5, 0.6) is 0 Å². The van der Waals surface area contributed by atoms with E-state index in [2.05, 4.69) is 12.2 Å². The Kier molecular flexibility index (Phi) is 4.04. The fraction of sp³-hybridized carbons (Fsp3) is 1.00. The first-order chi connectivity index (χ1) is 7.31. The number of hydrogen-bond donors (Lipinski definition) is 2. The highest BCUT2D eigenvalue weighted by Gasteiger charge is 2.35. The van der Waals surface area contributed by atoms with E-state index in [9.17, 15) is 0 Å². The molecule has 2 saturated carbocycles. The first-order valence-corrected chi connectivity index (χ1v) is 6.80. The Morgan fingerprint density at radius 3 is 2.67 bits per heavy atom. The molecule has 0 radical (unpaired) electrons. The van der Waals surface area contributed by atoms with Gasteiger partial charge < -0.3 is 11.1 Å². The van der Waals surface area contributed by atoms with Crippen molar-refractivity contribution in [1.82, 2.24) is 5.32 Å². The van der Waals surface area contributed by atoms with Gasteiger partial charge in [0.15, 0.2) is 0 Å². The molecule has 4 unspecified atom stereocenters. The third-order valence-corrected chi connectivity index (χ3v) is 4.31. The Morgan fingerprint density at radius 1 is 1.13 bits per heavy atom. The Balaban J connectivity index is 1.68. The lowest BCUT2D eigenvalue weighted by Crippen LogP contribution is -2.37. The topological polar surface area (TPSA) is 38.0 Å². The fourth-order valence-electron chi connectivity index (χ4n) is 2.92. The second-order valence-corrected chi connectivity index (χ2v) is 5.48. The van der Waals surface area contributed by atoms with E-state index in [0.29, 0.717) is 6.04 Å². The van der Waals surface area contributed by atoms with Crippen LogP contribution in [-0.2, 0) is 0 Å². The zero-order valence-corrected chi connectivity index (χ0v) is 10.0. The van der Waals surface area contributed by atoms with E-state index in [1.165, 1.54) is 51.5 Å². The van der Waals surface area contributed by atoms with Gasteiger partial charge in [-0.15, -0.1) is 0 Å². The van der Waals surface area contributed by atoms with Crippen LogP contribution in [0.15, 0.2) is 0 Å². The van der Waals surface area contributed by atoms with E-state index in [0.717, 1.165) is 17.9 Å². The SMILES string of the molecule is CCC1CC1NCC1CCCCCC1N. The minimum absolute atomic E-state index is 0.457. The van der Waals surface area contributed by atoms with E-state index >= 15 is 0 Å². The van der Waals surface area contributed by atoms with Gasteiger partial charge in [-0.05, 0) is 37.6 Å². The number of rotatable bonds is 4. The number of nitrogens with one attached hydrogen (secondary N) is 1. The van der Waals surface area contributed by atoms with Gasteiger partial charge in [0.2, 0.25) is 0 Å². The molecule has 0 saturated heterocycles. The van der Waals surface area contributed by atoms with Crippen molar-refractivity contribution in [3.05, 3.63) is 0 Å². The van der Waals surface area contributed by atoms with Gasteiger partial charge in [0.05, 0.1) is 0 Å². The van der Waals surface area contributed by atoms with Crippen LogP contribution in [0.3, 0.4) is 0 Å². The van der Waals surface area contributed by atoms with Crippen molar-refractivity contribution in [1.29, 1.82) is 0 Å². The predicted molar refractivity (Wildman–Crippen MR) is 64.7 cm³/mol. The predicted octanol–water partition coefficient (Wildman–Crippen LogP) is 2.28. The van der Waals surface area contributed by atoms with Gasteiger partial charge in [-0.3, -0.25) is 0 Å². The number of hydrogen-bond acceptors (Lipinski definition) is 2. The number of nitrogens with two attached hydrogens (primary N) is 1. The summed E-state index contributed by atoms with van der Waals surface area (Å²) in [5.74, 6) is 1.71. The molecule has 2 aliphatic carbocycles. The average molecular weight is 210 g/mol. The molecule has 0 heterocycles. The average Bonchev–Trinajstić information content (AvgIpc) is 3.00. The second-order valence-electron chi connectivity index (χ2n) is 5.48. The summed E-state index contributed by atoms with van der Waals surface area (Å²) in [7, 11) is 0. The maximum absolute atomic E-state index is 6.21. The summed E-state index contributed by atoms with van der Waals surface area (Å²) in [4.78, 5) is 0. The standard InChI is InChI=1S/C13H26N2/c1-2-10-8-13(10)15-9-11-6-4-3-5-7-12(11)14/h10-13,15H,2-9,14H2,1H3. The van der Waals surface area contributed by atoms with Crippen molar-refractivity contribution in [2.75, 3.05) is 6.54 Å². The molecule has 88 valence electrons. The Labute approximate surface area is 94.0 Å². The van der Waals surface area contributed by atoms with Crippen LogP contribution >= 0.6 is 0 Å². The summed E-state index contributed by atoms with van der Waals surface area (Å²) >= 11 is 0. The van der Waals surface area contributed by atoms with Crippen LogP contribution in [0, 0.1) is 11.8 Å². The van der Waals surface area contributed by atoms with Crippen LogP contribution in [-0.4, -0.2) is 18.6 Å².